The summed E-state index contributed by atoms with van der Waals surface area (Å²) in [5, 5.41) is 0.502. The predicted molar refractivity (Wildman–Crippen MR) is 106 cm³/mol. The fourth-order valence-corrected chi connectivity index (χ4v) is 3.82. The van der Waals surface area contributed by atoms with Crippen LogP contribution in [0, 0.1) is 17.7 Å². The second kappa shape index (κ2) is 9.49. The standard InChI is InChI=1S/C23H24F4O3/c1-2-3-4-15-5-7-16(8-6-15)22(28)30-18-10-11-19-17(13-18)9-12-20(21(19)24)29-14-23(25,26)27/h2,9-13,15-16H,1,3-8,14H2. The summed E-state index contributed by atoms with van der Waals surface area (Å²) in [5.74, 6) is -0.919. The van der Waals surface area contributed by atoms with Gasteiger partial charge >= 0.3 is 12.1 Å². The zero-order chi connectivity index (χ0) is 21.7. The van der Waals surface area contributed by atoms with Gasteiger partial charge in [-0.3, -0.25) is 4.79 Å². The molecule has 0 amide bonds. The molecule has 0 N–H and O–H groups in total. The predicted octanol–water partition coefficient (Wildman–Crippen LogP) is 6.60. The molecule has 30 heavy (non-hydrogen) atoms. The van der Waals surface area contributed by atoms with Crippen LogP contribution in [-0.4, -0.2) is 18.8 Å². The largest absolute Gasteiger partial charge is 0.481 e. The van der Waals surface area contributed by atoms with Crippen molar-refractivity contribution in [1.29, 1.82) is 0 Å². The van der Waals surface area contributed by atoms with Gasteiger partial charge in [0.1, 0.15) is 5.75 Å². The molecule has 3 nitrogen and oxygen atoms in total. The van der Waals surface area contributed by atoms with E-state index in [1.807, 2.05) is 6.08 Å². The van der Waals surface area contributed by atoms with Gasteiger partial charge < -0.3 is 9.47 Å². The van der Waals surface area contributed by atoms with Crippen molar-refractivity contribution in [2.24, 2.45) is 11.8 Å². The number of esters is 1. The van der Waals surface area contributed by atoms with Crippen LogP contribution in [0.15, 0.2) is 43.0 Å². The Hall–Kier alpha value is -2.57. The molecule has 1 fully saturated rings. The third-order valence-corrected chi connectivity index (χ3v) is 5.46. The van der Waals surface area contributed by atoms with E-state index in [0.29, 0.717) is 11.3 Å². The van der Waals surface area contributed by atoms with Crippen molar-refractivity contribution in [1.82, 2.24) is 0 Å². The average molecular weight is 424 g/mol. The van der Waals surface area contributed by atoms with Crippen LogP contribution in [0.5, 0.6) is 11.5 Å². The Bertz CT molecular complexity index is 899. The minimum Gasteiger partial charge on any atom is -0.481 e. The lowest BCUT2D eigenvalue weighted by Crippen LogP contribution is -2.25. The van der Waals surface area contributed by atoms with Crippen LogP contribution in [0.2, 0.25) is 0 Å². The highest BCUT2D eigenvalue weighted by atomic mass is 19.4. The Morgan fingerprint density at radius 2 is 1.87 bits per heavy atom. The fraction of sp³-hybridized carbons (Fsp3) is 0.435. The monoisotopic (exact) mass is 424 g/mol. The number of allylic oxidation sites excluding steroid dienone is 1. The van der Waals surface area contributed by atoms with Gasteiger partial charge in [-0.2, -0.15) is 13.2 Å². The second-order valence-corrected chi connectivity index (χ2v) is 7.67. The minimum atomic E-state index is -4.55. The zero-order valence-electron chi connectivity index (χ0n) is 16.5. The van der Waals surface area contributed by atoms with Gasteiger partial charge in [0, 0.05) is 5.39 Å². The Balaban J connectivity index is 1.63. The van der Waals surface area contributed by atoms with Crippen molar-refractivity contribution < 1.29 is 31.8 Å². The zero-order valence-corrected chi connectivity index (χ0v) is 16.5. The third-order valence-electron chi connectivity index (χ3n) is 5.46. The molecule has 7 heteroatoms. The van der Waals surface area contributed by atoms with E-state index in [1.165, 1.54) is 24.3 Å². The summed E-state index contributed by atoms with van der Waals surface area (Å²) in [7, 11) is 0. The molecule has 0 unspecified atom stereocenters. The number of ether oxygens (including phenoxy) is 2. The molecule has 0 atom stereocenters. The first kappa shape index (κ1) is 22.1. The maximum Gasteiger partial charge on any atom is 0.422 e. The smallest absolute Gasteiger partial charge is 0.422 e. The number of carbonyl (C=O) groups excluding carboxylic acids is 1. The topological polar surface area (TPSA) is 35.5 Å². The van der Waals surface area contributed by atoms with Gasteiger partial charge in [0.05, 0.1) is 5.92 Å². The van der Waals surface area contributed by atoms with E-state index in [0.717, 1.165) is 44.6 Å². The summed E-state index contributed by atoms with van der Waals surface area (Å²) < 4.78 is 61.3. The number of hydrogen-bond acceptors (Lipinski definition) is 3. The van der Waals surface area contributed by atoms with E-state index >= 15 is 0 Å². The molecule has 0 radical (unpaired) electrons. The maximum atomic E-state index is 14.4. The van der Waals surface area contributed by atoms with E-state index < -0.39 is 24.3 Å². The summed E-state index contributed by atoms with van der Waals surface area (Å²) in [5.41, 5.74) is 0. The summed E-state index contributed by atoms with van der Waals surface area (Å²) >= 11 is 0. The number of carbonyl (C=O) groups is 1. The van der Waals surface area contributed by atoms with E-state index in [9.17, 15) is 22.4 Å². The number of rotatable bonds is 7. The highest BCUT2D eigenvalue weighted by Gasteiger charge is 2.29. The van der Waals surface area contributed by atoms with Gasteiger partial charge in [-0.05, 0) is 74.1 Å². The Labute approximate surface area is 172 Å². The molecule has 162 valence electrons. The molecule has 0 saturated heterocycles. The van der Waals surface area contributed by atoms with Crippen LogP contribution in [0.25, 0.3) is 10.8 Å². The van der Waals surface area contributed by atoms with Crippen molar-refractivity contribution in [3.63, 3.8) is 0 Å². The molecular weight excluding hydrogens is 400 g/mol. The molecule has 1 aliphatic rings. The molecule has 0 spiro atoms. The van der Waals surface area contributed by atoms with Crippen LogP contribution in [0.4, 0.5) is 17.6 Å². The van der Waals surface area contributed by atoms with Gasteiger partial charge in [0.2, 0.25) is 0 Å². The van der Waals surface area contributed by atoms with E-state index in [1.54, 1.807) is 0 Å². The van der Waals surface area contributed by atoms with E-state index in [4.69, 9.17) is 4.74 Å². The lowest BCUT2D eigenvalue weighted by Gasteiger charge is -2.26. The lowest BCUT2D eigenvalue weighted by molar-refractivity contribution is -0.153. The van der Waals surface area contributed by atoms with Crippen LogP contribution in [-0.2, 0) is 4.79 Å². The number of benzene rings is 2. The van der Waals surface area contributed by atoms with Gasteiger partial charge in [-0.25, -0.2) is 4.39 Å². The molecule has 0 heterocycles. The molecule has 0 aliphatic heterocycles. The summed E-state index contributed by atoms with van der Waals surface area (Å²) in [6.07, 6.45) is 2.96. The normalized spacial score (nSPS) is 19.5. The summed E-state index contributed by atoms with van der Waals surface area (Å²) in [6.45, 7) is 2.17. The van der Waals surface area contributed by atoms with Gasteiger partial charge in [0.25, 0.3) is 0 Å². The SMILES string of the molecule is C=CCCC1CCC(C(=O)Oc2ccc3c(F)c(OCC(F)(F)F)ccc3c2)CC1. The molecule has 2 aromatic carbocycles. The van der Waals surface area contributed by atoms with Crippen molar-refractivity contribution >= 4 is 16.7 Å². The highest BCUT2D eigenvalue weighted by Crippen LogP contribution is 2.34. The molecule has 0 bridgehead atoms. The molecule has 1 aliphatic carbocycles. The number of alkyl halides is 3. The first-order valence-electron chi connectivity index (χ1n) is 10.0. The van der Waals surface area contributed by atoms with Crippen molar-refractivity contribution in [3.05, 3.63) is 48.8 Å². The first-order valence-corrected chi connectivity index (χ1v) is 10.0. The number of halogens is 4. The molecule has 2 aromatic rings. The first-order chi connectivity index (χ1) is 14.3. The van der Waals surface area contributed by atoms with Crippen LogP contribution in [0.3, 0.4) is 0 Å². The molecule has 3 rings (SSSR count). The van der Waals surface area contributed by atoms with Crippen LogP contribution >= 0.6 is 0 Å². The Kier molecular flexibility index (Phi) is 7.00. The van der Waals surface area contributed by atoms with Gasteiger partial charge in [-0.1, -0.05) is 12.1 Å². The van der Waals surface area contributed by atoms with Crippen molar-refractivity contribution in [2.75, 3.05) is 6.61 Å². The minimum absolute atomic E-state index is 0.0946. The highest BCUT2D eigenvalue weighted by molar-refractivity contribution is 5.87. The summed E-state index contributed by atoms with van der Waals surface area (Å²) in [6, 6.07) is 6.89. The molecular formula is C23H24F4O3. The van der Waals surface area contributed by atoms with E-state index in [2.05, 4.69) is 11.3 Å². The van der Waals surface area contributed by atoms with Crippen molar-refractivity contribution in [2.45, 2.75) is 44.7 Å². The van der Waals surface area contributed by atoms with Gasteiger partial charge in [-0.15, -0.1) is 6.58 Å². The second-order valence-electron chi connectivity index (χ2n) is 7.67. The van der Waals surface area contributed by atoms with Crippen LogP contribution < -0.4 is 9.47 Å². The van der Waals surface area contributed by atoms with Gasteiger partial charge in [0.15, 0.2) is 18.2 Å². The Morgan fingerprint density at radius 1 is 1.13 bits per heavy atom. The number of hydrogen-bond donors (Lipinski definition) is 0. The molecule has 0 aromatic heterocycles. The fourth-order valence-electron chi connectivity index (χ4n) is 3.82. The average Bonchev–Trinajstić information content (AvgIpc) is 2.71. The van der Waals surface area contributed by atoms with Crippen molar-refractivity contribution in [3.8, 4) is 11.5 Å². The Morgan fingerprint density at radius 3 is 2.53 bits per heavy atom. The number of fused-ring (bicyclic) bond motifs is 1. The maximum absolute atomic E-state index is 14.4. The lowest BCUT2D eigenvalue weighted by atomic mass is 9.80. The molecule has 1 saturated carbocycles. The van der Waals surface area contributed by atoms with E-state index in [-0.39, 0.29) is 23.0 Å². The quantitative estimate of drug-likeness (QED) is 0.217. The van der Waals surface area contributed by atoms with Crippen LogP contribution in [0.1, 0.15) is 38.5 Å². The third kappa shape index (κ3) is 5.74. The summed E-state index contributed by atoms with van der Waals surface area (Å²) in [4.78, 5) is 12.5.